The summed E-state index contributed by atoms with van der Waals surface area (Å²) >= 11 is 0. The Morgan fingerprint density at radius 1 is 1.45 bits per heavy atom. The Morgan fingerprint density at radius 3 is 2.18 bits per heavy atom. The third kappa shape index (κ3) is 3.78. The average molecular weight is 158 g/mol. The van der Waals surface area contributed by atoms with E-state index in [1.54, 1.807) is 0 Å². The lowest BCUT2D eigenvalue weighted by molar-refractivity contribution is -0.132. The summed E-state index contributed by atoms with van der Waals surface area (Å²) in [6.45, 7) is 5.13. The lowest BCUT2D eigenvalue weighted by Crippen LogP contribution is -2.13. The number of hydrogen-bond donors (Lipinski definition) is 2. The first kappa shape index (κ1) is 10.2. The number of rotatable bonds is 3. The fourth-order valence-electron chi connectivity index (χ4n) is 0.520. The zero-order chi connectivity index (χ0) is 9.02. The van der Waals surface area contributed by atoms with Gasteiger partial charge in [-0.05, 0) is 18.9 Å². The topological polar surface area (TPSA) is 57.5 Å². The number of aliphatic carboxylic acids is 1. The van der Waals surface area contributed by atoms with Crippen molar-refractivity contribution >= 4 is 5.97 Å². The highest BCUT2D eigenvalue weighted by atomic mass is 16.4. The molecule has 0 heterocycles. The Balaban J connectivity index is 4.19. The number of carboxylic acids is 1. The molecule has 0 rings (SSSR count). The zero-order valence-electron chi connectivity index (χ0n) is 7.03. The van der Waals surface area contributed by atoms with E-state index in [2.05, 4.69) is 0 Å². The van der Waals surface area contributed by atoms with Crippen molar-refractivity contribution < 1.29 is 15.0 Å². The molecule has 0 fully saturated rings. The van der Waals surface area contributed by atoms with Crippen LogP contribution in [0, 0.1) is 5.92 Å². The van der Waals surface area contributed by atoms with Crippen LogP contribution in [0.2, 0.25) is 0 Å². The summed E-state index contributed by atoms with van der Waals surface area (Å²) < 4.78 is 0. The van der Waals surface area contributed by atoms with Gasteiger partial charge >= 0.3 is 5.97 Å². The molecule has 0 aliphatic rings. The molecule has 0 saturated heterocycles. The van der Waals surface area contributed by atoms with E-state index in [9.17, 15) is 9.90 Å². The van der Waals surface area contributed by atoms with E-state index in [0.717, 1.165) is 0 Å². The summed E-state index contributed by atoms with van der Waals surface area (Å²) in [6.07, 6.45) is 0.693. The van der Waals surface area contributed by atoms with Gasteiger partial charge in [0.1, 0.15) is 0 Å². The van der Waals surface area contributed by atoms with E-state index in [1.165, 1.54) is 13.0 Å². The lowest BCUT2D eigenvalue weighted by atomic mass is 10.1. The summed E-state index contributed by atoms with van der Waals surface area (Å²) in [7, 11) is 0. The van der Waals surface area contributed by atoms with Gasteiger partial charge in [-0.2, -0.15) is 0 Å². The van der Waals surface area contributed by atoms with Crippen LogP contribution < -0.4 is 0 Å². The fraction of sp³-hybridized carbons (Fsp3) is 0.625. The molecule has 0 aromatic heterocycles. The molecule has 3 nitrogen and oxygen atoms in total. The molecule has 1 atom stereocenters. The largest absolute Gasteiger partial charge is 0.478 e. The molecule has 3 heteroatoms. The second-order valence-corrected chi connectivity index (χ2v) is 2.89. The van der Waals surface area contributed by atoms with Gasteiger partial charge in [-0.25, -0.2) is 4.79 Å². The van der Waals surface area contributed by atoms with Crippen LogP contribution in [0.25, 0.3) is 0 Å². The number of aliphatic hydroxyl groups excluding tert-OH is 1. The maximum atomic E-state index is 10.3. The molecule has 0 radical (unpaired) electrons. The Bertz CT molecular complexity index is 170. The normalized spacial score (nSPS) is 15.2. The van der Waals surface area contributed by atoms with Gasteiger partial charge in [0.25, 0.3) is 0 Å². The zero-order valence-corrected chi connectivity index (χ0v) is 7.03. The van der Waals surface area contributed by atoms with E-state index < -0.39 is 12.1 Å². The molecule has 0 spiro atoms. The summed E-state index contributed by atoms with van der Waals surface area (Å²) in [5.74, 6) is -0.922. The minimum atomic E-state index is -0.982. The monoisotopic (exact) mass is 158 g/mol. The quantitative estimate of drug-likeness (QED) is 0.603. The molecule has 0 amide bonds. The van der Waals surface area contributed by atoms with Gasteiger partial charge in [-0.1, -0.05) is 13.8 Å². The van der Waals surface area contributed by atoms with Gasteiger partial charge in [-0.15, -0.1) is 0 Å². The minimum absolute atomic E-state index is 0.0595. The predicted molar refractivity (Wildman–Crippen MR) is 42.2 cm³/mol. The third-order valence-electron chi connectivity index (χ3n) is 1.44. The van der Waals surface area contributed by atoms with Crippen molar-refractivity contribution in [3.05, 3.63) is 11.6 Å². The molecule has 0 aromatic carbocycles. The van der Waals surface area contributed by atoms with Crippen LogP contribution in [-0.2, 0) is 4.79 Å². The van der Waals surface area contributed by atoms with E-state index in [1.807, 2.05) is 13.8 Å². The summed E-state index contributed by atoms with van der Waals surface area (Å²) in [5.41, 5.74) is 0.186. The van der Waals surface area contributed by atoms with Gasteiger partial charge in [0.05, 0.1) is 6.10 Å². The van der Waals surface area contributed by atoms with Crippen LogP contribution in [0.1, 0.15) is 20.8 Å². The van der Waals surface area contributed by atoms with Crippen LogP contribution in [0.15, 0.2) is 11.6 Å². The van der Waals surface area contributed by atoms with Gasteiger partial charge in [0.15, 0.2) is 0 Å². The maximum absolute atomic E-state index is 10.3. The van der Waals surface area contributed by atoms with E-state index in [-0.39, 0.29) is 11.5 Å². The second kappa shape index (κ2) is 4.13. The summed E-state index contributed by atoms with van der Waals surface area (Å²) in [5, 5.41) is 17.6. The molecule has 2 N–H and O–H groups in total. The third-order valence-corrected chi connectivity index (χ3v) is 1.44. The van der Waals surface area contributed by atoms with Crippen LogP contribution in [0.3, 0.4) is 0 Å². The highest BCUT2D eigenvalue weighted by Crippen LogP contribution is 2.05. The second-order valence-electron chi connectivity index (χ2n) is 2.89. The molecule has 0 aliphatic heterocycles. The molecular weight excluding hydrogens is 144 g/mol. The van der Waals surface area contributed by atoms with Crippen molar-refractivity contribution in [1.29, 1.82) is 0 Å². The van der Waals surface area contributed by atoms with Crippen LogP contribution in [-0.4, -0.2) is 22.3 Å². The molecule has 11 heavy (non-hydrogen) atoms. The molecule has 0 saturated carbocycles. The van der Waals surface area contributed by atoms with Crippen LogP contribution in [0.5, 0.6) is 0 Å². The maximum Gasteiger partial charge on any atom is 0.331 e. The van der Waals surface area contributed by atoms with Crippen LogP contribution in [0.4, 0.5) is 0 Å². The minimum Gasteiger partial charge on any atom is -0.478 e. The number of carbonyl (C=O) groups is 1. The standard InChI is InChI=1S/C8H14O3/c1-5(2)7(9)4-6(3)8(10)11/h4-5,7,9H,1-3H3,(H,10,11)/b6-4-. The van der Waals surface area contributed by atoms with Crippen LogP contribution >= 0.6 is 0 Å². The van der Waals surface area contributed by atoms with Gasteiger partial charge < -0.3 is 10.2 Å². The van der Waals surface area contributed by atoms with Gasteiger partial charge in [-0.3, -0.25) is 0 Å². The van der Waals surface area contributed by atoms with Crippen molar-refractivity contribution in [3.8, 4) is 0 Å². The first-order valence-corrected chi connectivity index (χ1v) is 3.55. The molecule has 0 aliphatic carbocycles. The van der Waals surface area contributed by atoms with Crippen molar-refractivity contribution in [3.63, 3.8) is 0 Å². The Kier molecular flexibility index (Phi) is 3.82. The van der Waals surface area contributed by atoms with Crippen molar-refractivity contribution in [2.75, 3.05) is 0 Å². The highest BCUT2D eigenvalue weighted by molar-refractivity contribution is 5.85. The fourth-order valence-corrected chi connectivity index (χ4v) is 0.520. The van der Waals surface area contributed by atoms with Crippen molar-refractivity contribution in [1.82, 2.24) is 0 Å². The van der Waals surface area contributed by atoms with E-state index in [0.29, 0.717) is 0 Å². The highest BCUT2D eigenvalue weighted by Gasteiger charge is 2.08. The number of carboxylic acid groups (broad SMARTS) is 1. The molecular formula is C8H14O3. The lowest BCUT2D eigenvalue weighted by Gasteiger charge is -2.09. The SMILES string of the molecule is C/C(=C/C(O)C(C)C)C(=O)O. The molecule has 0 aromatic rings. The predicted octanol–water partition coefficient (Wildman–Crippen LogP) is 1.03. The first-order valence-electron chi connectivity index (χ1n) is 3.55. The Hall–Kier alpha value is -0.830. The number of aliphatic hydroxyl groups is 1. The van der Waals surface area contributed by atoms with E-state index in [4.69, 9.17) is 5.11 Å². The average Bonchev–Trinajstić information content (AvgIpc) is 1.87. The van der Waals surface area contributed by atoms with Crippen molar-refractivity contribution in [2.45, 2.75) is 26.9 Å². The summed E-state index contributed by atoms with van der Waals surface area (Å²) in [4.78, 5) is 10.3. The van der Waals surface area contributed by atoms with E-state index >= 15 is 0 Å². The number of hydrogen-bond acceptors (Lipinski definition) is 2. The first-order chi connectivity index (χ1) is 4.95. The van der Waals surface area contributed by atoms with Gasteiger partial charge in [0, 0.05) is 5.57 Å². The van der Waals surface area contributed by atoms with Crippen molar-refractivity contribution in [2.24, 2.45) is 5.92 Å². The molecule has 1 unspecified atom stereocenters. The molecule has 64 valence electrons. The Labute approximate surface area is 66.4 Å². The Morgan fingerprint density at radius 2 is 1.91 bits per heavy atom. The summed E-state index contributed by atoms with van der Waals surface area (Å²) in [6, 6.07) is 0. The molecule has 0 bridgehead atoms. The smallest absolute Gasteiger partial charge is 0.331 e. The van der Waals surface area contributed by atoms with Gasteiger partial charge in [0.2, 0.25) is 0 Å².